The third kappa shape index (κ3) is 4.43. The van der Waals surface area contributed by atoms with Crippen molar-refractivity contribution in [1.82, 2.24) is 5.32 Å². The van der Waals surface area contributed by atoms with Gasteiger partial charge in [-0.25, -0.2) is 0 Å². The minimum Gasteiger partial charge on any atom is -0.384 e. The molecule has 2 N–H and O–H groups in total. The maximum absolute atomic E-state index is 10.5. The van der Waals surface area contributed by atoms with E-state index in [-0.39, 0.29) is 5.54 Å². The number of nitrogens with one attached hydrogen (secondary N) is 1. The van der Waals surface area contributed by atoms with Crippen molar-refractivity contribution in [3.63, 3.8) is 0 Å². The van der Waals surface area contributed by atoms with Crippen LogP contribution in [0.1, 0.15) is 58.6 Å². The first-order chi connectivity index (χ1) is 8.12. The molecule has 0 fully saturated rings. The van der Waals surface area contributed by atoms with Gasteiger partial charge in [0.25, 0.3) is 0 Å². The van der Waals surface area contributed by atoms with Gasteiger partial charge in [0.2, 0.25) is 0 Å². The van der Waals surface area contributed by atoms with E-state index in [2.05, 4.69) is 52.1 Å². The smallest absolute Gasteiger partial charge is 0.0992 e. The number of β-amino-alcohol motifs (C(OH)–C–C–N with tert-alkyl or cyclic N) is 1. The van der Waals surface area contributed by atoms with Gasteiger partial charge in [0.05, 0.1) is 5.60 Å². The van der Waals surface area contributed by atoms with Crippen LogP contribution in [-0.4, -0.2) is 17.2 Å². The van der Waals surface area contributed by atoms with Gasteiger partial charge in [-0.1, -0.05) is 38.1 Å². The van der Waals surface area contributed by atoms with Gasteiger partial charge in [-0.2, -0.15) is 0 Å². The molecule has 102 valence electrons. The molecule has 2 nitrogen and oxygen atoms in total. The number of rotatable bonds is 4. The summed E-state index contributed by atoms with van der Waals surface area (Å²) < 4.78 is 0. The number of aliphatic hydroxyl groups is 1. The van der Waals surface area contributed by atoms with Crippen molar-refractivity contribution in [3.05, 3.63) is 35.4 Å². The molecular weight excluding hydrogens is 222 g/mol. The first-order valence-electron chi connectivity index (χ1n) is 6.70. The molecule has 1 aromatic carbocycles. The summed E-state index contributed by atoms with van der Waals surface area (Å²) in [6, 6.07) is 8.26. The van der Waals surface area contributed by atoms with Crippen LogP contribution in [0, 0.1) is 0 Å². The maximum Gasteiger partial charge on any atom is 0.0992 e. The zero-order valence-corrected chi connectivity index (χ0v) is 12.5. The fourth-order valence-corrected chi connectivity index (χ4v) is 1.77. The van der Waals surface area contributed by atoms with Crippen molar-refractivity contribution in [3.8, 4) is 0 Å². The Kier molecular flexibility index (Phi) is 4.57. The summed E-state index contributed by atoms with van der Waals surface area (Å²) in [5.41, 5.74) is 1.45. The van der Waals surface area contributed by atoms with Gasteiger partial charge in [-0.15, -0.1) is 0 Å². The minimum atomic E-state index is -0.831. The summed E-state index contributed by atoms with van der Waals surface area (Å²) >= 11 is 0. The molecule has 1 atom stereocenters. The zero-order chi connectivity index (χ0) is 14.0. The molecule has 0 aliphatic heterocycles. The summed E-state index contributed by atoms with van der Waals surface area (Å²) in [7, 11) is 0. The first-order valence-corrected chi connectivity index (χ1v) is 6.70. The van der Waals surface area contributed by atoms with E-state index in [0.717, 1.165) is 5.56 Å². The fraction of sp³-hybridized carbons (Fsp3) is 0.625. The Morgan fingerprint density at radius 2 is 1.56 bits per heavy atom. The molecule has 0 aliphatic carbocycles. The third-order valence-electron chi connectivity index (χ3n) is 3.16. The molecule has 0 radical (unpaired) electrons. The largest absolute Gasteiger partial charge is 0.384 e. The van der Waals surface area contributed by atoms with Crippen molar-refractivity contribution in [2.45, 2.75) is 58.6 Å². The predicted molar refractivity (Wildman–Crippen MR) is 77.9 cm³/mol. The van der Waals surface area contributed by atoms with Crippen LogP contribution in [0.2, 0.25) is 0 Å². The summed E-state index contributed by atoms with van der Waals surface area (Å²) in [5.74, 6) is 0.525. The van der Waals surface area contributed by atoms with Gasteiger partial charge in [0.1, 0.15) is 0 Å². The van der Waals surface area contributed by atoms with Gasteiger partial charge in [-0.05, 0) is 44.7 Å². The second kappa shape index (κ2) is 5.41. The van der Waals surface area contributed by atoms with E-state index in [1.807, 2.05) is 19.1 Å². The topological polar surface area (TPSA) is 32.3 Å². The Labute approximate surface area is 111 Å². The first kappa shape index (κ1) is 15.2. The van der Waals surface area contributed by atoms with E-state index >= 15 is 0 Å². The predicted octanol–water partition coefficient (Wildman–Crippen LogP) is 3.41. The highest BCUT2D eigenvalue weighted by atomic mass is 16.3. The van der Waals surface area contributed by atoms with E-state index < -0.39 is 5.60 Å². The van der Waals surface area contributed by atoms with Crippen LogP contribution < -0.4 is 5.32 Å². The Morgan fingerprint density at radius 3 is 1.94 bits per heavy atom. The highest BCUT2D eigenvalue weighted by molar-refractivity contribution is 5.28. The lowest BCUT2D eigenvalue weighted by molar-refractivity contribution is 0.0501. The molecule has 0 aliphatic rings. The Hall–Kier alpha value is -0.860. The second-order valence-corrected chi connectivity index (χ2v) is 6.65. The standard InChI is InChI=1S/C16H27NO/c1-12(2)13-7-9-14(10-8-13)16(6,18)11-17-15(3,4)5/h7-10,12,17-18H,11H2,1-6H3. The van der Waals surface area contributed by atoms with Crippen LogP contribution in [0.5, 0.6) is 0 Å². The van der Waals surface area contributed by atoms with Crippen molar-refractivity contribution < 1.29 is 5.11 Å². The molecule has 0 amide bonds. The molecular formula is C16H27NO. The van der Waals surface area contributed by atoms with E-state index in [4.69, 9.17) is 0 Å². The molecule has 0 saturated heterocycles. The number of benzene rings is 1. The van der Waals surface area contributed by atoms with E-state index in [0.29, 0.717) is 12.5 Å². The van der Waals surface area contributed by atoms with Crippen LogP contribution in [0.25, 0.3) is 0 Å². The van der Waals surface area contributed by atoms with Crippen LogP contribution in [0.3, 0.4) is 0 Å². The summed E-state index contributed by atoms with van der Waals surface area (Å²) in [6.07, 6.45) is 0. The van der Waals surface area contributed by atoms with Gasteiger partial charge < -0.3 is 10.4 Å². The van der Waals surface area contributed by atoms with Crippen molar-refractivity contribution in [2.75, 3.05) is 6.54 Å². The molecule has 0 spiro atoms. The number of hydrogen-bond acceptors (Lipinski definition) is 2. The van der Waals surface area contributed by atoms with Crippen molar-refractivity contribution in [2.24, 2.45) is 0 Å². The van der Waals surface area contributed by atoms with Gasteiger partial charge in [0, 0.05) is 12.1 Å². The van der Waals surface area contributed by atoms with E-state index in [9.17, 15) is 5.11 Å². The highest BCUT2D eigenvalue weighted by Crippen LogP contribution is 2.23. The molecule has 18 heavy (non-hydrogen) atoms. The maximum atomic E-state index is 10.5. The molecule has 0 saturated carbocycles. The Morgan fingerprint density at radius 1 is 1.06 bits per heavy atom. The van der Waals surface area contributed by atoms with Gasteiger partial charge in [0.15, 0.2) is 0 Å². The zero-order valence-electron chi connectivity index (χ0n) is 12.5. The lowest BCUT2D eigenvalue weighted by Crippen LogP contribution is -2.44. The van der Waals surface area contributed by atoms with Crippen molar-refractivity contribution >= 4 is 0 Å². The molecule has 2 heteroatoms. The van der Waals surface area contributed by atoms with Gasteiger partial charge in [-0.3, -0.25) is 0 Å². The lowest BCUT2D eigenvalue weighted by Gasteiger charge is -2.30. The second-order valence-electron chi connectivity index (χ2n) is 6.65. The Bertz CT molecular complexity index is 371. The molecule has 0 bridgehead atoms. The Balaban J connectivity index is 2.78. The normalized spacial score (nSPS) is 15.8. The van der Waals surface area contributed by atoms with E-state index in [1.54, 1.807) is 0 Å². The molecule has 1 aromatic rings. The lowest BCUT2D eigenvalue weighted by atomic mass is 9.92. The van der Waals surface area contributed by atoms with E-state index in [1.165, 1.54) is 5.56 Å². The van der Waals surface area contributed by atoms with Crippen LogP contribution >= 0.6 is 0 Å². The third-order valence-corrected chi connectivity index (χ3v) is 3.16. The fourth-order valence-electron chi connectivity index (χ4n) is 1.77. The summed E-state index contributed by atoms with van der Waals surface area (Å²) in [6.45, 7) is 13.1. The summed E-state index contributed by atoms with van der Waals surface area (Å²) in [5, 5.41) is 13.9. The average Bonchev–Trinajstić information content (AvgIpc) is 2.26. The SMILES string of the molecule is CC(C)c1ccc(C(C)(O)CNC(C)(C)C)cc1. The molecule has 1 unspecified atom stereocenters. The molecule has 1 rings (SSSR count). The van der Waals surface area contributed by atoms with Crippen LogP contribution in [-0.2, 0) is 5.60 Å². The van der Waals surface area contributed by atoms with Crippen molar-refractivity contribution in [1.29, 1.82) is 0 Å². The van der Waals surface area contributed by atoms with Crippen LogP contribution in [0.4, 0.5) is 0 Å². The molecule has 0 heterocycles. The number of hydrogen-bond donors (Lipinski definition) is 2. The molecule has 0 aromatic heterocycles. The highest BCUT2D eigenvalue weighted by Gasteiger charge is 2.25. The van der Waals surface area contributed by atoms with Crippen LogP contribution in [0.15, 0.2) is 24.3 Å². The quantitative estimate of drug-likeness (QED) is 0.857. The monoisotopic (exact) mass is 249 g/mol. The summed E-state index contributed by atoms with van der Waals surface area (Å²) in [4.78, 5) is 0. The average molecular weight is 249 g/mol. The minimum absolute atomic E-state index is 0.0157. The van der Waals surface area contributed by atoms with Gasteiger partial charge >= 0.3 is 0 Å².